The van der Waals surface area contributed by atoms with Crippen LogP contribution >= 0.6 is 0 Å². The zero-order valence-electron chi connectivity index (χ0n) is 18.0. The minimum Gasteiger partial charge on any atom is -0.439 e. The molecule has 0 atom stereocenters. The molecule has 1 N–H and O–H groups in total. The molecule has 0 saturated carbocycles. The number of allylic oxidation sites excluding steroid dienone is 3. The second-order valence-corrected chi connectivity index (χ2v) is 7.56. The van der Waals surface area contributed by atoms with Gasteiger partial charge in [0.05, 0.1) is 12.2 Å². The molecule has 0 saturated heterocycles. The molecule has 158 valence electrons. The number of nitrogens with one attached hydrogen (secondary N) is 1. The fourth-order valence-corrected chi connectivity index (χ4v) is 3.25. The molecule has 5 nitrogen and oxygen atoms in total. The molecule has 1 aliphatic heterocycles. The van der Waals surface area contributed by atoms with Gasteiger partial charge in [-0.25, -0.2) is 0 Å². The Morgan fingerprint density at radius 3 is 2.62 bits per heavy atom. The largest absolute Gasteiger partial charge is 0.439 e. The highest BCUT2D eigenvalue weighted by Gasteiger charge is 2.23. The van der Waals surface area contributed by atoms with Crippen LogP contribution in [0.5, 0.6) is 5.75 Å². The van der Waals surface area contributed by atoms with Gasteiger partial charge in [0.1, 0.15) is 11.6 Å². The lowest BCUT2D eigenvalue weighted by Crippen LogP contribution is -2.23. The van der Waals surface area contributed by atoms with Crippen LogP contribution in [0.3, 0.4) is 0 Å². The van der Waals surface area contributed by atoms with E-state index in [1.807, 2.05) is 37.3 Å². The number of para-hydroxylation sites is 2. The van der Waals surface area contributed by atoms with Crippen LogP contribution in [0.25, 0.3) is 0 Å². The van der Waals surface area contributed by atoms with Crippen LogP contribution < -0.4 is 15.0 Å². The van der Waals surface area contributed by atoms with E-state index in [1.54, 1.807) is 6.92 Å². The lowest BCUT2D eigenvalue weighted by Gasteiger charge is -2.15. The molecule has 0 radical (unpaired) electrons. The Balaban J connectivity index is 1.68. The van der Waals surface area contributed by atoms with Crippen molar-refractivity contribution < 1.29 is 14.3 Å². The molecule has 0 bridgehead atoms. The van der Waals surface area contributed by atoms with E-state index in [9.17, 15) is 9.59 Å². The fourth-order valence-electron chi connectivity index (χ4n) is 3.25. The van der Waals surface area contributed by atoms with Gasteiger partial charge in [-0.15, -0.1) is 0 Å². The highest BCUT2D eigenvalue weighted by molar-refractivity contribution is 5.80. The molecular formula is C24H34N2O3. The molecule has 1 heterocycles. The van der Waals surface area contributed by atoms with Crippen molar-refractivity contribution in [2.24, 2.45) is 0 Å². The number of rotatable bonds is 13. The van der Waals surface area contributed by atoms with E-state index in [4.69, 9.17) is 4.74 Å². The zero-order chi connectivity index (χ0) is 21.1. The fraction of sp³-hybridized carbons (Fsp3) is 0.500. The smallest absolute Gasteiger partial charge is 0.200 e. The van der Waals surface area contributed by atoms with Crippen molar-refractivity contribution in [3.8, 4) is 5.75 Å². The van der Waals surface area contributed by atoms with Gasteiger partial charge >= 0.3 is 0 Å². The van der Waals surface area contributed by atoms with Gasteiger partial charge in [-0.2, -0.15) is 0 Å². The second kappa shape index (κ2) is 12.2. The Morgan fingerprint density at radius 2 is 1.86 bits per heavy atom. The molecule has 0 fully saturated rings. The van der Waals surface area contributed by atoms with Gasteiger partial charge in [-0.1, -0.05) is 30.2 Å². The predicted octanol–water partition coefficient (Wildman–Crippen LogP) is 4.78. The average molecular weight is 399 g/mol. The molecule has 1 aromatic rings. The zero-order valence-corrected chi connectivity index (χ0v) is 18.0. The van der Waals surface area contributed by atoms with Gasteiger partial charge < -0.3 is 19.7 Å². The van der Waals surface area contributed by atoms with E-state index in [0.717, 1.165) is 61.7 Å². The summed E-state index contributed by atoms with van der Waals surface area (Å²) in [6, 6.07) is 8.03. The number of benzene rings is 1. The number of unbranched alkanes of at least 4 members (excludes halogenated alkanes) is 2. The number of hydrogen-bond acceptors (Lipinski definition) is 5. The molecule has 0 spiro atoms. The van der Waals surface area contributed by atoms with Crippen LogP contribution in [0.2, 0.25) is 0 Å². The van der Waals surface area contributed by atoms with Crippen molar-refractivity contribution in [2.45, 2.75) is 59.3 Å². The summed E-state index contributed by atoms with van der Waals surface area (Å²) in [5.41, 5.74) is 2.25. The minimum absolute atomic E-state index is 0.230. The highest BCUT2D eigenvalue weighted by Crippen LogP contribution is 2.38. The standard InChI is InChI=1S/C24H34N2O3/c1-4-26-22-11-7-8-12-23(22)29-24(26)16-14-19(2)13-15-21(28)18-25-17-9-5-6-10-20(3)27/h7-8,11-12,14,16,25H,4-6,9-10,13,15,17-18H2,1-3H3. The summed E-state index contributed by atoms with van der Waals surface area (Å²) < 4.78 is 5.94. The summed E-state index contributed by atoms with van der Waals surface area (Å²) in [6.45, 7) is 7.87. The number of carbonyl (C=O) groups is 2. The number of nitrogens with zero attached hydrogens (tertiary/aromatic N) is 1. The normalized spacial score (nSPS) is 14.8. The summed E-state index contributed by atoms with van der Waals surface area (Å²) in [4.78, 5) is 25.1. The Bertz CT molecular complexity index is 752. The van der Waals surface area contributed by atoms with E-state index in [0.29, 0.717) is 19.4 Å². The van der Waals surface area contributed by atoms with Crippen LogP contribution in [0.4, 0.5) is 5.69 Å². The van der Waals surface area contributed by atoms with E-state index < -0.39 is 0 Å². The molecule has 5 heteroatoms. The van der Waals surface area contributed by atoms with Crippen molar-refractivity contribution in [3.63, 3.8) is 0 Å². The number of carbonyl (C=O) groups excluding carboxylic acids is 2. The predicted molar refractivity (Wildman–Crippen MR) is 118 cm³/mol. The molecule has 0 aromatic heterocycles. The maximum Gasteiger partial charge on any atom is 0.200 e. The Kier molecular flexibility index (Phi) is 9.65. The van der Waals surface area contributed by atoms with Crippen LogP contribution in [-0.4, -0.2) is 31.2 Å². The molecule has 1 aromatic carbocycles. The molecule has 0 aliphatic carbocycles. The van der Waals surface area contributed by atoms with Crippen molar-refractivity contribution in [2.75, 3.05) is 24.5 Å². The lowest BCUT2D eigenvalue weighted by atomic mass is 10.1. The summed E-state index contributed by atoms with van der Waals surface area (Å²) in [5, 5.41) is 3.20. The number of fused-ring (bicyclic) bond motifs is 1. The first kappa shape index (κ1) is 22.9. The average Bonchev–Trinajstić information content (AvgIpc) is 3.07. The lowest BCUT2D eigenvalue weighted by molar-refractivity contribution is -0.118. The molecular weight excluding hydrogens is 364 g/mol. The Morgan fingerprint density at radius 1 is 1.07 bits per heavy atom. The first-order chi connectivity index (χ1) is 14.0. The quantitative estimate of drug-likeness (QED) is 0.485. The molecule has 2 rings (SSSR count). The summed E-state index contributed by atoms with van der Waals surface area (Å²) in [7, 11) is 0. The van der Waals surface area contributed by atoms with Gasteiger partial charge in [0.2, 0.25) is 5.88 Å². The van der Waals surface area contributed by atoms with Gasteiger partial charge in [-0.05, 0) is 64.8 Å². The maximum absolute atomic E-state index is 12.1. The van der Waals surface area contributed by atoms with E-state index in [1.165, 1.54) is 0 Å². The number of Topliss-reactive ketones (excluding diaryl/α,β-unsaturated/α-hetero) is 2. The topological polar surface area (TPSA) is 58.6 Å². The van der Waals surface area contributed by atoms with Crippen LogP contribution in [0, 0.1) is 0 Å². The van der Waals surface area contributed by atoms with E-state index in [2.05, 4.69) is 23.2 Å². The monoisotopic (exact) mass is 398 g/mol. The first-order valence-electron chi connectivity index (χ1n) is 10.6. The number of ether oxygens (including phenoxy) is 1. The maximum atomic E-state index is 12.1. The first-order valence-corrected chi connectivity index (χ1v) is 10.6. The van der Waals surface area contributed by atoms with E-state index >= 15 is 0 Å². The SMILES string of the molecule is CCN1C(=CC=C(C)CCC(=O)CNCCCCCC(C)=O)Oc2ccccc21. The van der Waals surface area contributed by atoms with E-state index in [-0.39, 0.29) is 11.6 Å². The molecule has 29 heavy (non-hydrogen) atoms. The summed E-state index contributed by atoms with van der Waals surface area (Å²) in [6.07, 6.45) is 8.95. The second-order valence-electron chi connectivity index (χ2n) is 7.56. The third kappa shape index (κ3) is 7.86. The Hall–Kier alpha value is -2.40. The summed E-state index contributed by atoms with van der Waals surface area (Å²) >= 11 is 0. The van der Waals surface area contributed by atoms with Crippen molar-refractivity contribution in [3.05, 3.63) is 47.9 Å². The van der Waals surface area contributed by atoms with Gasteiger partial charge in [-0.3, -0.25) is 4.79 Å². The van der Waals surface area contributed by atoms with Gasteiger partial charge in [0.25, 0.3) is 0 Å². The van der Waals surface area contributed by atoms with Crippen LogP contribution in [-0.2, 0) is 9.59 Å². The van der Waals surface area contributed by atoms with Gasteiger partial charge in [0.15, 0.2) is 5.75 Å². The number of ketones is 2. The Labute approximate surface area is 174 Å². The van der Waals surface area contributed by atoms with Crippen LogP contribution in [0.1, 0.15) is 59.3 Å². The molecule has 0 amide bonds. The highest BCUT2D eigenvalue weighted by atomic mass is 16.5. The van der Waals surface area contributed by atoms with Crippen LogP contribution in [0.15, 0.2) is 47.9 Å². The van der Waals surface area contributed by atoms with Crippen molar-refractivity contribution in [1.29, 1.82) is 0 Å². The minimum atomic E-state index is 0.230. The van der Waals surface area contributed by atoms with Crippen molar-refractivity contribution in [1.82, 2.24) is 5.32 Å². The third-order valence-corrected chi connectivity index (χ3v) is 4.97. The van der Waals surface area contributed by atoms with Crippen molar-refractivity contribution >= 4 is 17.3 Å². The number of hydrogen-bond donors (Lipinski definition) is 1. The summed E-state index contributed by atoms with van der Waals surface area (Å²) in [5.74, 6) is 2.19. The molecule has 1 aliphatic rings. The number of anilines is 1. The van der Waals surface area contributed by atoms with Gasteiger partial charge in [0, 0.05) is 19.4 Å². The third-order valence-electron chi connectivity index (χ3n) is 4.97. The molecule has 0 unspecified atom stereocenters.